The van der Waals surface area contributed by atoms with Gasteiger partial charge in [-0.2, -0.15) is 0 Å². The molecule has 0 rings (SSSR count). The standard InChI is InChI=1S/C6H14O4.C3H7BrO/c7-1-3-9-5-6-10-4-2-8;1-5-3-2-4/h7-8H,1-6H2;2-3H2,1H3. The highest BCUT2D eigenvalue weighted by atomic mass is 79.9. The third-order valence-electron chi connectivity index (χ3n) is 1.12. The lowest BCUT2D eigenvalue weighted by atomic mass is 10.7. The van der Waals surface area contributed by atoms with Crippen LogP contribution in [0.5, 0.6) is 0 Å². The van der Waals surface area contributed by atoms with Crippen LogP contribution >= 0.6 is 15.9 Å². The smallest absolute Gasteiger partial charge is 0.0701 e. The molecule has 0 aromatic carbocycles. The van der Waals surface area contributed by atoms with E-state index in [1.807, 2.05) is 0 Å². The summed E-state index contributed by atoms with van der Waals surface area (Å²) in [6.07, 6.45) is 0. The summed E-state index contributed by atoms with van der Waals surface area (Å²) in [4.78, 5) is 0. The zero-order valence-electron chi connectivity index (χ0n) is 9.15. The van der Waals surface area contributed by atoms with Crippen LogP contribution in [0.4, 0.5) is 0 Å². The van der Waals surface area contributed by atoms with Gasteiger partial charge in [0, 0.05) is 12.4 Å². The summed E-state index contributed by atoms with van der Waals surface area (Å²) >= 11 is 3.18. The molecule has 0 aliphatic carbocycles. The number of rotatable bonds is 9. The number of hydrogen-bond donors (Lipinski definition) is 2. The van der Waals surface area contributed by atoms with Gasteiger partial charge in [0.05, 0.1) is 46.2 Å². The summed E-state index contributed by atoms with van der Waals surface area (Å²) in [5.41, 5.74) is 0. The molecule has 0 fully saturated rings. The second kappa shape index (κ2) is 19.8. The van der Waals surface area contributed by atoms with Gasteiger partial charge in [0.2, 0.25) is 0 Å². The summed E-state index contributed by atoms with van der Waals surface area (Å²) in [5, 5.41) is 17.5. The molecule has 0 aromatic heterocycles. The summed E-state index contributed by atoms with van der Waals surface area (Å²) in [6.45, 7) is 2.53. The molecule has 5 nitrogen and oxygen atoms in total. The van der Waals surface area contributed by atoms with Gasteiger partial charge in [0.25, 0.3) is 0 Å². The summed E-state index contributed by atoms with van der Waals surface area (Å²) in [7, 11) is 1.68. The Hall–Kier alpha value is 0.280. The summed E-state index contributed by atoms with van der Waals surface area (Å²) < 4.78 is 14.4. The van der Waals surface area contributed by atoms with E-state index in [1.54, 1.807) is 7.11 Å². The van der Waals surface area contributed by atoms with E-state index in [-0.39, 0.29) is 13.2 Å². The molecule has 0 heterocycles. The van der Waals surface area contributed by atoms with Gasteiger partial charge in [0.1, 0.15) is 0 Å². The van der Waals surface area contributed by atoms with Gasteiger partial charge in [-0.15, -0.1) is 0 Å². The minimum atomic E-state index is 0.0417. The van der Waals surface area contributed by atoms with Gasteiger partial charge in [-0.05, 0) is 0 Å². The van der Waals surface area contributed by atoms with Crippen LogP contribution in [0.3, 0.4) is 0 Å². The largest absolute Gasteiger partial charge is 0.394 e. The Morgan fingerprint density at radius 3 is 1.53 bits per heavy atom. The topological polar surface area (TPSA) is 68.2 Å². The van der Waals surface area contributed by atoms with E-state index < -0.39 is 0 Å². The maximum Gasteiger partial charge on any atom is 0.0701 e. The Morgan fingerprint density at radius 2 is 1.33 bits per heavy atom. The molecule has 0 radical (unpaired) electrons. The number of methoxy groups -OCH3 is 1. The van der Waals surface area contributed by atoms with Crippen molar-refractivity contribution in [3.63, 3.8) is 0 Å². The molecule has 0 unspecified atom stereocenters. The van der Waals surface area contributed by atoms with Crippen molar-refractivity contribution in [2.45, 2.75) is 0 Å². The fourth-order valence-corrected chi connectivity index (χ4v) is 0.852. The van der Waals surface area contributed by atoms with Gasteiger partial charge < -0.3 is 24.4 Å². The predicted octanol–water partition coefficient (Wildman–Crippen LogP) is 0.0319. The van der Waals surface area contributed by atoms with Gasteiger partial charge in [-0.1, -0.05) is 15.9 Å². The van der Waals surface area contributed by atoms with Crippen molar-refractivity contribution in [3.05, 3.63) is 0 Å². The van der Waals surface area contributed by atoms with Crippen LogP contribution in [-0.4, -0.2) is 68.9 Å². The lowest BCUT2D eigenvalue weighted by molar-refractivity contribution is 0.0222. The van der Waals surface area contributed by atoms with E-state index in [1.165, 1.54) is 0 Å². The quantitative estimate of drug-likeness (QED) is 0.463. The SMILES string of the molecule is COCCBr.OCCOCCOCCO. The van der Waals surface area contributed by atoms with Crippen LogP contribution in [0, 0.1) is 0 Å². The number of ether oxygens (including phenoxy) is 3. The van der Waals surface area contributed by atoms with Gasteiger partial charge >= 0.3 is 0 Å². The van der Waals surface area contributed by atoms with Crippen LogP contribution < -0.4 is 0 Å². The molecule has 15 heavy (non-hydrogen) atoms. The second-order valence-corrected chi connectivity index (χ2v) is 3.15. The molecule has 6 heteroatoms. The summed E-state index contributed by atoms with van der Waals surface area (Å²) in [6, 6.07) is 0. The predicted molar refractivity (Wildman–Crippen MR) is 61.5 cm³/mol. The van der Waals surface area contributed by atoms with E-state index in [0.29, 0.717) is 26.4 Å². The second-order valence-electron chi connectivity index (χ2n) is 2.35. The van der Waals surface area contributed by atoms with Crippen LogP contribution in [0.1, 0.15) is 0 Å². The average molecular weight is 289 g/mol. The molecule has 0 saturated carbocycles. The van der Waals surface area contributed by atoms with Gasteiger partial charge in [0.15, 0.2) is 0 Å². The number of aliphatic hydroxyl groups is 2. The normalized spacial score (nSPS) is 9.60. The highest BCUT2D eigenvalue weighted by molar-refractivity contribution is 9.09. The molecule has 0 saturated heterocycles. The summed E-state index contributed by atoms with van der Waals surface area (Å²) in [5.74, 6) is 0. The first kappa shape index (κ1) is 17.7. The van der Waals surface area contributed by atoms with Crippen molar-refractivity contribution < 1.29 is 24.4 Å². The minimum absolute atomic E-state index is 0.0417. The van der Waals surface area contributed by atoms with E-state index in [9.17, 15) is 0 Å². The van der Waals surface area contributed by atoms with Crippen LogP contribution in [0.25, 0.3) is 0 Å². The molecule has 0 aliphatic rings. The molecular weight excluding hydrogens is 268 g/mol. The van der Waals surface area contributed by atoms with E-state index in [4.69, 9.17) is 19.7 Å². The molecule has 0 aliphatic heterocycles. The first-order valence-corrected chi connectivity index (χ1v) is 5.87. The van der Waals surface area contributed by atoms with E-state index >= 15 is 0 Å². The third kappa shape index (κ3) is 25.0. The Balaban J connectivity index is 0. The molecule has 2 N–H and O–H groups in total. The Kier molecular flexibility index (Phi) is 23.3. The van der Waals surface area contributed by atoms with E-state index in [2.05, 4.69) is 20.7 Å². The first-order chi connectivity index (χ1) is 7.33. The van der Waals surface area contributed by atoms with Crippen molar-refractivity contribution in [1.29, 1.82) is 0 Å². The lowest BCUT2D eigenvalue weighted by Crippen LogP contribution is -2.09. The Labute approximate surface area is 99.5 Å². The van der Waals surface area contributed by atoms with Crippen molar-refractivity contribution in [2.75, 3.05) is 58.7 Å². The monoisotopic (exact) mass is 288 g/mol. The molecule has 0 aromatic rings. The first-order valence-electron chi connectivity index (χ1n) is 4.75. The molecule has 0 amide bonds. The fraction of sp³-hybridized carbons (Fsp3) is 1.00. The van der Waals surface area contributed by atoms with E-state index in [0.717, 1.165) is 11.9 Å². The average Bonchev–Trinajstić information content (AvgIpc) is 2.25. The van der Waals surface area contributed by atoms with Gasteiger partial charge in [-0.25, -0.2) is 0 Å². The highest BCUT2D eigenvalue weighted by Crippen LogP contribution is 1.76. The minimum Gasteiger partial charge on any atom is -0.394 e. The molecule has 94 valence electrons. The maximum absolute atomic E-state index is 8.26. The van der Waals surface area contributed by atoms with Gasteiger partial charge in [-0.3, -0.25) is 0 Å². The van der Waals surface area contributed by atoms with Crippen LogP contribution in [0.15, 0.2) is 0 Å². The van der Waals surface area contributed by atoms with Crippen molar-refractivity contribution in [2.24, 2.45) is 0 Å². The van der Waals surface area contributed by atoms with Crippen molar-refractivity contribution in [1.82, 2.24) is 0 Å². The number of alkyl halides is 1. The van der Waals surface area contributed by atoms with Crippen molar-refractivity contribution in [3.8, 4) is 0 Å². The highest BCUT2D eigenvalue weighted by Gasteiger charge is 1.86. The number of hydrogen-bond acceptors (Lipinski definition) is 5. The molecule has 0 spiro atoms. The molecule has 0 bridgehead atoms. The zero-order valence-corrected chi connectivity index (χ0v) is 10.7. The Morgan fingerprint density at radius 1 is 0.867 bits per heavy atom. The lowest BCUT2D eigenvalue weighted by Gasteiger charge is -2.01. The van der Waals surface area contributed by atoms with Crippen LogP contribution in [-0.2, 0) is 14.2 Å². The Bertz CT molecular complexity index is 84.6. The third-order valence-corrected chi connectivity index (χ3v) is 1.45. The molecule has 0 atom stereocenters. The van der Waals surface area contributed by atoms with Crippen LogP contribution in [0.2, 0.25) is 0 Å². The number of aliphatic hydroxyl groups excluding tert-OH is 2. The fourth-order valence-electron chi connectivity index (χ4n) is 0.528. The van der Waals surface area contributed by atoms with Crippen molar-refractivity contribution >= 4 is 15.9 Å². The number of halogens is 1. The zero-order chi connectivity index (χ0) is 11.8. The molecular formula is C9H21BrO5. The maximum atomic E-state index is 8.26.